The summed E-state index contributed by atoms with van der Waals surface area (Å²) in [6.45, 7) is 3.29. The smallest absolute Gasteiger partial charge is 0.191 e. The van der Waals surface area contributed by atoms with Gasteiger partial charge in [0.25, 0.3) is 0 Å². The molecule has 1 fully saturated rings. The Morgan fingerprint density at radius 3 is 2.45 bits per heavy atom. The molecule has 0 saturated heterocycles. The lowest BCUT2D eigenvalue weighted by molar-refractivity contribution is 0.146. The molecule has 0 spiro atoms. The molecule has 1 aliphatic carbocycles. The third-order valence-electron chi connectivity index (χ3n) is 4.75. The molecule has 0 radical (unpaired) electrons. The maximum Gasteiger partial charge on any atom is 0.191 e. The molecule has 0 amide bonds. The molecule has 2 aromatic rings. The van der Waals surface area contributed by atoms with Gasteiger partial charge in [-0.05, 0) is 42.5 Å². The van der Waals surface area contributed by atoms with Gasteiger partial charge in [-0.15, -0.1) is 0 Å². The maximum absolute atomic E-state index is 5.98. The fraction of sp³-hybridized carbons (Fsp3) is 0.435. The molecule has 0 heterocycles. The molecule has 0 atom stereocenters. The molecule has 0 bridgehead atoms. The van der Waals surface area contributed by atoms with Crippen LogP contribution in [0.1, 0.15) is 24.0 Å². The lowest BCUT2D eigenvalue weighted by Gasteiger charge is -2.15. The van der Waals surface area contributed by atoms with Gasteiger partial charge >= 0.3 is 0 Å². The standard InChI is InChI=1S/C23H31N3O3/c1-24-23(25-15-18-9-11-21(12-10-18)28-14-13-27-2)26-16-20-5-3-4-6-22(20)29-17-19-7-8-19/h3-6,9-12,19H,7-8,13-17H2,1-2H3,(H2,24,25,26). The van der Waals surface area contributed by atoms with Gasteiger partial charge in [0.15, 0.2) is 5.96 Å². The molecule has 0 aromatic heterocycles. The summed E-state index contributed by atoms with van der Waals surface area (Å²) in [7, 11) is 3.44. The molecule has 1 aliphatic rings. The monoisotopic (exact) mass is 397 g/mol. The first-order chi connectivity index (χ1) is 14.3. The van der Waals surface area contributed by atoms with Crippen molar-refractivity contribution in [1.29, 1.82) is 0 Å². The highest BCUT2D eigenvalue weighted by molar-refractivity contribution is 5.79. The first kappa shape index (κ1) is 21.0. The van der Waals surface area contributed by atoms with Crippen LogP contribution in [0.5, 0.6) is 11.5 Å². The Kier molecular flexibility index (Phi) is 8.19. The van der Waals surface area contributed by atoms with Gasteiger partial charge in [-0.2, -0.15) is 0 Å². The topological polar surface area (TPSA) is 64.1 Å². The summed E-state index contributed by atoms with van der Waals surface area (Å²) < 4.78 is 16.6. The van der Waals surface area contributed by atoms with Gasteiger partial charge in [-0.1, -0.05) is 30.3 Å². The van der Waals surface area contributed by atoms with Crippen LogP contribution in [0.15, 0.2) is 53.5 Å². The van der Waals surface area contributed by atoms with Crippen LogP contribution >= 0.6 is 0 Å². The lowest BCUT2D eigenvalue weighted by atomic mass is 10.2. The quantitative estimate of drug-likeness (QED) is 0.346. The van der Waals surface area contributed by atoms with E-state index in [1.165, 1.54) is 12.8 Å². The van der Waals surface area contributed by atoms with E-state index in [1.807, 2.05) is 42.5 Å². The summed E-state index contributed by atoms with van der Waals surface area (Å²) in [6, 6.07) is 16.2. The molecule has 1 saturated carbocycles. The van der Waals surface area contributed by atoms with Gasteiger partial charge in [0.05, 0.1) is 13.2 Å². The second-order valence-electron chi connectivity index (χ2n) is 7.13. The zero-order chi connectivity index (χ0) is 20.3. The first-order valence-electron chi connectivity index (χ1n) is 10.1. The second kappa shape index (κ2) is 11.3. The summed E-state index contributed by atoms with van der Waals surface area (Å²) in [4.78, 5) is 4.31. The Morgan fingerprint density at radius 1 is 0.966 bits per heavy atom. The zero-order valence-corrected chi connectivity index (χ0v) is 17.3. The van der Waals surface area contributed by atoms with Crippen molar-refractivity contribution in [2.75, 3.05) is 34.0 Å². The summed E-state index contributed by atoms with van der Waals surface area (Å²) in [5.41, 5.74) is 2.29. The van der Waals surface area contributed by atoms with Crippen LogP contribution in [-0.2, 0) is 17.8 Å². The number of nitrogens with zero attached hydrogens (tertiary/aromatic N) is 1. The summed E-state index contributed by atoms with van der Waals surface area (Å²) in [5.74, 6) is 3.28. The number of para-hydroxylation sites is 1. The zero-order valence-electron chi connectivity index (χ0n) is 17.3. The Labute approximate surface area is 173 Å². The Bertz CT molecular complexity index is 773. The molecule has 29 heavy (non-hydrogen) atoms. The third-order valence-corrected chi connectivity index (χ3v) is 4.75. The number of aliphatic imine (C=N–C) groups is 1. The molecule has 6 nitrogen and oxygen atoms in total. The number of methoxy groups -OCH3 is 1. The highest BCUT2D eigenvalue weighted by atomic mass is 16.5. The van der Waals surface area contributed by atoms with Crippen LogP contribution in [0.25, 0.3) is 0 Å². The fourth-order valence-electron chi connectivity index (χ4n) is 2.81. The molecule has 156 valence electrons. The molecular formula is C23H31N3O3. The van der Waals surface area contributed by atoms with E-state index in [9.17, 15) is 0 Å². The minimum Gasteiger partial charge on any atom is -0.493 e. The second-order valence-corrected chi connectivity index (χ2v) is 7.13. The van der Waals surface area contributed by atoms with Crippen molar-refractivity contribution in [2.45, 2.75) is 25.9 Å². The molecular weight excluding hydrogens is 366 g/mol. The Hall–Kier alpha value is -2.73. The largest absolute Gasteiger partial charge is 0.493 e. The van der Waals surface area contributed by atoms with Crippen molar-refractivity contribution in [2.24, 2.45) is 10.9 Å². The maximum atomic E-state index is 5.98. The average molecular weight is 398 g/mol. The van der Waals surface area contributed by atoms with Crippen LogP contribution in [0.4, 0.5) is 0 Å². The van der Waals surface area contributed by atoms with E-state index in [4.69, 9.17) is 14.2 Å². The van der Waals surface area contributed by atoms with E-state index < -0.39 is 0 Å². The minimum atomic E-state index is 0.552. The van der Waals surface area contributed by atoms with Gasteiger partial charge in [-0.25, -0.2) is 0 Å². The van der Waals surface area contributed by atoms with Gasteiger partial charge in [0.2, 0.25) is 0 Å². The van der Waals surface area contributed by atoms with Crippen LogP contribution in [0.3, 0.4) is 0 Å². The molecule has 2 N–H and O–H groups in total. The number of ether oxygens (including phenoxy) is 3. The molecule has 6 heteroatoms. The van der Waals surface area contributed by atoms with E-state index in [2.05, 4.69) is 21.7 Å². The van der Waals surface area contributed by atoms with Crippen molar-refractivity contribution < 1.29 is 14.2 Å². The predicted molar refractivity (Wildman–Crippen MR) is 116 cm³/mol. The van der Waals surface area contributed by atoms with Crippen molar-refractivity contribution in [1.82, 2.24) is 10.6 Å². The number of hydrogen-bond acceptors (Lipinski definition) is 4. The van der Waals surface area contributed by atoms with Gasteiger partial charge in [0, 0.05) is 32.8 Å². The van der Waals surface area contributed by atoms with E-state index in [1.54, 1.807) is 14.2 Å². The Morgan fingerprint density at radius 2 is 1.72 bits per heavy atom. The van der Waals surface area contributed by atoms with Crippen LogP contribution in [0, 0.1) is 5.92 Å². The number of nitrogens with one attached hydrogen (secondary N) is 2. The Balaban J connectivity index is 1.45. The minimum absolute atomic E-state index is 0.552. The highest BCUT2D eigenvalue weighted by Crippen LogP contribution is 2.30. The van der Waals surface area contributed by atoms with Gasteiger partial charge < -0.3 is 24.8 Å². The summed E-state index contributed by atoms with van der Waals surface area (Å²) in [6.07, 6.45) is 2.58. The molecule has 0 aliphatic heterocycles. The van der Waals surface area contributed by atoms with Crippen molar-refractivity contribution in [3.63, 3.8) is 0 Å². The number of hydrogen-bond donors (Lipinski definition) is 2. The van der Waals surface area contributed by atoms with Gasteiger partial charge in [0.1, 0.15) is 18.1 Å². The number of rotatable bonds is 11. The van der Waals surface area contributed by atoms with E-state index >= 15 is 0 Å². The van der Waals surface area contributed by atoms with Crippen LogP contribution in [-0.4, -0.2) is 39.9 Å². The van der Waals surface area contributed by atoms with E-state index in [0.717, 1.165) is 41.1 Å². The third kappa shape index (κ3) is 7.31. The lowest BCUT2D eigenvalue weighted by Crippen LogP contribution is -2.36. The van der Waals surface area contributed by atoms with E-state index in [-0.39, 0.29) is 0 Å². The predicted octanol–water partition coefficient (Wildman–Crippen LogP) is 3.37. The van der Waals surface area contributed by atoms with Crippen LogP contribution < -0.4 is 20.1 Å². The summed E-state index contributed by atoms with van der Waals surface area (Å²) in [5, 5.41) is 6.71. The van der Waals surface area contributed by atoms with E-state index in [0.29, 0.717) is 26.3 Å². The highest BCUT2D eigenvalue weighted by Gasteiger charge is 2.22. The number of benzene rings is 2. The number of guanidine groups is 1. The fourth-order valence-corrected chi connectivity index (χ4v) is 2.81. The summed E-state index contributed by atoms with van der Waals surface area (Å²) >= 11 is 0. The van der Waals surface area contributed by atoms with Crippen molar-refractivity contribution in [3.8, 4) is 11.5 Å². The van der Waals surface area contributed by atoms with Crippen molar-refractivity contribution >= 4 is 5.96 Å². The first-order valence-corrected chi connectivity index (χ1v) is 10.1. The normalized spacial score (nSPS) is 13.8. The van der Waals surface area contributed by atoms with Crippen molar-refractivity contribution in [3.05, 3.63) is 59.7 Å². The van der Waals surface area contributed by atoms with Gasteiger partial charge in [-0.3, -0.25) is 4.99 Å². The average Bonchev–Trinajstić information content (AvgIpc) is 3.59. The SMILES string of the molecule is CN=C(NCc1ccc(OCCOC)cc1)NCc1ccccc1OCC1CC1. The van der Waals surface area contributed by atoms with Crippen LogP contribution in [0.2, 0.25) is 0 Å². The molecule has 0 unspecified atom stereocenters. The molecule has 2 aromatic carbocycles. The molecule has 3 rings (SSSR count).